The van der Waals surface area contributed by atoms with Crippen LogP contribution in [0.15, 0.2) is 22.8 Å². The van der Waals surface area contributed by atoms with E-state index in [0.717, 1.165) is 4.47 Å². The van der Waals surface area contributed by atoms with Crippen molar-refractivity contribution in [3.63, 3.8) is 0 Å². The highest BCUT2D eigenvalue weighted by Gasteiger charge is 2.13. The lowest BCUT2D eigenvalue weighted by Crippen LogP contribution is -2.17. The second-order valence-electron chi connectivity index (χ2n) is 3.67. The fourth-order valence-corrected chi connectivity index (χ4v) is 2.17. The first kappa shape index (κ1) is 13.8. The highest BCUT2D eigenvalue weighted by Crippen LogP contribution is 2.18. The van der Waals surface area contributed by atoms with Gasteiger partial charge in [-0.15, -0.1) is 0 Å². The Balaban J connectivity index is 2.23. The third-order valence-corrected chi connectivity index (χ3v) is 2.94. The van der Waals surface area contributed by atoms with Gasteiger partial charge in [-0.05, 0) is 22.0 Å². The van der Waals surface area contributed by atoms with Crippen LogP contribution in [0.1, 0.15) is 10.5 Å². The summed E-state index contributed by atoms with van der Waals surface area (Å²) in [5, 5.41) is 2.75. The van der Waals surface area contributed by atoms with E-state index in [0.29, 0.717) is 5.69 Å². The molecule has 0 unspecified atom stereocenters. The van der Waals surface area contributed by atoms with Gasteiger partial charge in [-0.25, -0.2) is 4.98 Å². The first-order valence-corrected chi connectivity index (χ1v) is 6.38. The average molecular weight is 346 g/mol. The lowest BCUT2D eigenvalue weighted by atomic mass is 10.4. The molecule has 0 saturated heterocycles. The predicted molar refractivity (Wildman–Crippen MR) is 74.7 cm³/mol. The zero-order chi connectivity index (χ0) is 14.0. The average Bonchev–Trinajstić information content (AvgIpc) is 2.67. The number of aryl methyl sites for hydroxylation is 1. The van der Waals surface area contributed by atoms with Gasteiger partial charge in [-0.1, -0.05) is 11.6 Å². The van der Waals surface area contributed by atoms with Gasteiger partial charge in [-0.2, -0.15) is 4.98 Å². The van der Waals surface area contributed by atoms with Gasteiger partial charge in [0.05, 0.1) is 7.11 Å². The van der Waals surface area contributed by atoms with Gasteiger partial charge in [0.1, 0.15) is 10.8 Å². The van der Waals surface area contributed by atoms with Crippen LogP contribution in [0.5, 0.6) is 5.88 Å². The quantitative estimate of drug-likeness (QED) is 0.868. The van der Waals surface area contributed by atoms with Crippen molar-refractivity contribution in [3.05, 3.63) is 33.6 Å². The van der Waals surface area contributed by atoms with Crippen LogP contribution in [-0.4, -0.2) is 27.6 Å². The molecule has 1 N–H and O–H groups in total. The molecule has 2 aromatic heterocycles. The molecule has 0 radical (unpaired) electrons. The zero-order valence-electron chi connectivity index (χ0n) is 10.1. The maximum atomic E-state index is 12.0. The Morgan fingerprint density at radius 1 is 1.47 bits per heavy atom. The summed E-state index contributed by atoms with van der Waals surface area (Å²) in [5.74, 6) is 0.0348. The summed E-state index contributed by atoms with van der Waals surface area (Å²) < 4.78 is 7.44. The highest BCUT2D eigenvalue weighted by atomic mass is 79.9. The van der Waals surface area contributed by atoms with Crippen LogP contribution in [0.3, 0.4) is 0 Å². The number of methoxy groups -OCH3 is 1. The molecule has 0 aliphatic heterocycles. The van der Waals surface area contributed by atoms with Crippen LogP contribution >= 0.6 is 27.5 Å². The Morgan fingerprint density at radius 3 is 2.79 bits per heavy atom. The fraction of sp³-hybridized carbons (Fsp3) is 0.182. The molecule has 100 valence electrons. The van der Waals surface area contributed by atoms with Crippen molar-refractivity contribution in [2.24, 2.45) is 7.05 Å². The Morgan fingerprint density at radius 2 is 2.21 bits per heavy atom. The SMILES string of the molecule is COc1cc(Cl)nc(NC(=O)c2cc(Br)cn2C)n1. The summed E-state index contributed by atoms with van der Waals surface area (Å²) in [6.45, 7) is 0. The maximum absolute atomic E-state index is 12.0. The molecule has 0 aliphatic rings. The van der Waals surface area contributed by atoms with Gasteiger partial charge >= 0.3 is 0 Å². The minimum atomic E-state index is -0.336. The number of hydrogen-bond donors (Lipinski definition) is 1. The smallest absolute Gasteiger partial charge is 0.274 e. The molecule has 0 fully saturated rings. The number of carbonyl (C=O) groups excluding carboxylic acids is 1. The molecule has 0 aromatic carbocycles. The minimum Gasteiger partial charge on any atom is -0.481 e. The molecular formula is C11H10BrClN4O2. The van der Waals surface area contributed by atoms with Crippen LogP contribution in [-0.2, 0) is 7.05 Å². The Bertz CT molecular complexity index is 629. The fourth-order valence-electron chi connectivity index (χ4n) is 1.47. The third kappa shape index (κ3) is 3.24. The van der Waals surface area contributed by atoms with Gasteiger partial charge in [0.15, 0.2) is 0 Å². The van der Waals surface area contributed by atoms with E-state index in [1.54, 1.807) is 23.9 Å². The molecule has 8 heteroatoms. The van der Waals surface area contributed by atoms with E-state index in [-0.39, 0.29) is 22.9 Å². The molecule has 0 bridgehead atoms. The van der Waals surface area contributed by atoms with Gasteiger partial charge in [0.2, 0.25) is 11.8 Å². The second-order valence-corrected chi connectivity index (χ2v) is 4.97. The van der Waals surface area contributed by atoms with Crippen molar-refractivity contribution < 1.29 is 9.53 Å². The maximum Gasteiger partial charge on any atom is 0.274 e. The lowest BCUT2D eigenvalue weighted by Gasteiger charge is -2.06. The number of ether oxygens (including phenoxy) is 1. The van der Waals surface area contributed by atoms with Crippen molar-refractivity contribution in [2.45, 2.75) is 0 Å². The minimum absolute atomic E-state index is 0.0895. The first-order valence-electron chi connectivity index (χ1n) is 5.21. The highest BCUT2D eigenvalue weighted by molar-refractivity contribution is 9.10. The third-order valence-electron chi connectivity index (χ3n) is 2.31. The number of hydrogen-bond acceptors (Lipinski definition) is 4. The van der Waals surface area contributed by atoms with Crippen LogP contribution in [0.4, 0.5) is 5.95 Å². The normalized spacial score (nSPS) is 10.3. The number of rotatable bonds is 3. The van der Waals surface area contributed by atoms with Gasteiger partial charge in [0.25, 0.3) is 5.91 Å². The molecule has 2 aromatic rings. The molecule has 0 aliphatic carbocycles. The summed E-state index contributed by atoms with van der Waals surface area (Å²) in [6, 6.07) is 3.15. The lowest BCUT2D eigenvalue weighted by molar-refractivity contribution is 0.101. The van der Waals surface area contributed by atoms with Crippen molar-refractivity contribution in [1.82, 2.24) is 14.5 Å². The molecule has 2 rings (SSSR count). The molecule has 0 spiro atoms. The number of aromatic nitrogens is 3. The van der Waals surface area contributed by atoms with Crippen LogP contribution < -0.4 is 10.1 Å². The van der Waals surface area contributed by atoms with Gasteiger partial charge < -0.3 is 9.30 Å². The number of carbonyl (C=O) groups is 1. The topological polar surface area (TPSA) is 69.0 Å². The van der Waals surface area contributed by atoms with E-state index < -0.39 is 0 Å². The number of anilines is 1. The number of nitrogens with one attached hydrogen (secondary N) is 1. The summed E-state index contributed by atoms with van der Waals surface area (Å²) >= 11 is 9.10. The standard InChI is InChI=1S/C11H10BrClN4O2/c1-17-5-6(12)3-7(17)10(18)16-11-14-8(13)4-9(15-11)19-2/h3-5H,1-2H3,(H,14,15,16,18). The Kier molecular flexibility index (Phi) is 4.06. The number of nitrogens with zero attached hydrogens (tertiary/aromatic N) is 3. The van der Waals surface area contributed by atoms with Crippen molar-refractivity contribution in [3.8, 4) is 5.88 Å². The monoisotopic (exact) mass is 344 g/mol. The molecule has 0 saturated carbocycles. The van der Waals surface area contributed by atoms with E-state index in [1.165, 1.54) is 13.2 Å². The van der Waals surface area contributed by atoms with E-state index >= 15 is 0 Å². The number of amides is 1. The number of halogens is 2. The summed E-state index contributed by atoms with van der Waals surface area (Å²) in [6.07, 6.45) is 1.77. The van der Waals surface area contributed by atoms with Crippen molar-refractivity contribution in [1.29, 1.82) is 0 Å². The van der Waals surface area contributed by atoms with E-state index in [9.17, 15) is 4.79 Å². The van der Waals surface area contributed by atoms with Crippen molar-refractivity contribution >= 4 is 39.4 Å². The van der Waals surface area contributed by atoms with Gasteiger partial charge in [-0.3, -0.25) is 10.1 Å². The van der Waals surface area contributed by atoms with E-state index in [1.807, 2.05) is 0 Å². The Labute approximate surface area is 122 Å². The van der Waals surface area contributed by atoms with E-state index in [2.05, 4.69) is 31.2 Å². The molecule has 2 heterocycles. The van der Waals surface area contributed by atoms with Gasteiger partial charge in [0, 0.05) is 23.8 Å². The summed E-state index contributed by atoms with van der Waals surface area (Å²) in [7, 11) is 3.22. The molecule has 6 nitrogen and oxygen atoms in total. The first-order chi connectivity index (χ1) is 8.99. The molecule has 19 heavy (non-hydrogen) atoms. The Hall–Kier alpha value is -1.60. The van der Waals surface area contributed by atoms with Crippen LogP contribution in [0, 0.1) is 0 Å². The zero-order valence-corrected chi connectivity index (χ0v) is 12.5. The second kappa shape index (κ2) is 5.58. The summed E-state index contributed by atoms with van der Waals surface area (Å²) in [4.78, 5) is 19.9. The predicted octanol–water partition coefficient (Wildman–Crippen LogP) is 2.49. The molecular weight excluding hydrogens is 336 g/mol. The van der Waals surface area contributed by atoms with Crippen molar-refractivity contribution in [2.75, 3.05) is 12.4 Å². The summed E-state index contributed by atoms with van der Waals surface area (Å²) in [5.41, 5.74) is 0.467. The van der Waals surface area contributed by atoms with E-state index in [4.69, 9.17) is 16.3 Å². The largest absolute Gasteiger partial charge is 0.481 e. The van der Waals surface area contributed by atoms with Crippen LogP contribution in [0.25, 0.3) is 0 Å². The van der Waals surface area contributed by atoms with Crippen LogP contribution in [0.2, 0.25) is 5.15 Å². The molecule has 0 atom stereocenters. The molecule has 1 amide bonds.